The first-order chi connectivity index (χ1) is 10.8. The molecule has 0 radical (unpaired) electrons. The molecule has 0 saturated carbocycles. The summed E-state index contributed by atoms with van der Waals surface area (Å²) in [5, 5.41) is 4.93. The number of aromatic nitrogens is 1. The van der Waals surface area contributed by atoms with E-state index in [1.165, 1.54) is 17.0 Å². The van der Waals surface area contributed by atoms with Gasteiger partial charge in [0.05, 0.1) is 12.6 Å². The number of likely N-dealkylation sites (tertiary alicyclic amines) is 1. The Morgan fingerprint density at radius 1 is 1.32 bits per heavy atom. The molecule has 1 aliphatic heterocycles. The highest BCUT2D eigenvalue weighted by Gasteiger charge is 2.28. The number of likely N-dealkylation sites (N-methyl/N-ethyl adjacent to an activating group) is 1. The summed E-state index contributed by atoms with van der Waals surface area (Å²) in [6, 6.07) is 8.55. The molecule has 1 amide bonds. The van der Waals surface area contributed by atoms with Crippen molar-refractivity contribution in [2.75, 3.05) is 13.6 Å². The summed E-state index contributed by atoms with van der Waals surface area (Å²) >= 11 is 1.79. The van der Waals surface area contributed by atoms with Crippen molar-refractivity contribution < 1.29 is 4.79 Å². The molecule has 1 saturated heterocycles. The lowest BCUT2D eigenvalue weighted by molar-refractivity contribution is -0.127. The van der Waals surface area contributed by atoms with E-state index in [2.05, 4.69) is 50.6 Å². The van der Waals surface area contributed by atoms with Gasteiger partial charge in [-0.1, -0.05) is 12.5 Å². The maximum Gasteiger partial charge on any atom is 0.237 e. The Balaban J connectivity index is 1.72. The van der Waals surface area contributed by atoms with Gasteiger partial charge < -0.3 is 9.88 Å². The zero-order valence-electron chi connectivity index (χ0n) is 13.0. The molecule has 2 aromatic rings. The fraction of sp³-hybridized carbons (Fsp3) is 0.471. The minimum Gasteiger partial charge on any atom is -0.358 e. The number of hydrogen-bond acceptors (Lipinski definition) is 3. The summed E-state index contributed by atoms with van der Waals surface area (Å²) in [5.74, 6) is 0.149. The van der Waals surface area contributed by atoms with Gasteiger partial charge in [0.25, 0.3) is 0 Å². The van der Waals surface area contributed by atoms with Gasteiger partial charge >= 0.3 is 0 Å². The van der Waals surface area contributed by atoms with Crippen molar-refractivity contribution in [3.8, 4) is 0 Å². The van der Waals surface area contributed by atoms with Crippen molar-refractivity contribution in [3.63, 3.8) is 0 Å². The smallest absolute Gasteiger partial charge is 0.237 e. The van der Waals surface area contributed by atoms with Crippen molar-refractivity contribution in [3.05, 3.63) is 46.4 Å². The van der Waals surface area contributed by atoms with Gasteiger partial charge in [0.1, 0.15) is 0 Å². The third kappa shape index (κ3) is 3.42. The number of amides is 1. The quantitative estimate of drug-likeness (QED) is 0.920. The average Bonchev–Trinajstić information content (AvgIpc) is 3.20. The lowest BCUT2D eigenvalue weighted by Gasteiger charge is -2.34. The molecule has 1 N–H and O–H groups in total. The first-order valence-electron chi connectivity index (χ1n) is 7.90. The summed E-state index contributed by atoms with van der Waals surface area (Å²) in [5.41, 5.74) is 1.28. The number of rotatable bonds is 5. The Morgan fingerprint density at radius 2 is 2.23 bits per heavy atom. The largest absolute Gasteiger partial charge is 0.358 e. The van der Waals surface area contributed by atoms with Crippen molar-refractivity contribution in [1.82, 2.24) is 14.8 Å². The van der Waals surface area contributed by atoms with E-state index in [9.17, 15) is 4.79 Å². The van der Waals surface area contributed by atoms with Crippen LogP contribution >= 0.6 is 11.3 Å². The number of nitrogens with one attached hydrogen (secondary N) is 1. The van der Waals surface area contributed by atoms with E-state index in [-0.39, 0.29) is 11.9 Å². The maximum atomic E-state index is 12.1. The fourth-order valence-electron chi connectivity index (χ4n) is 3.17. The Kier molecular flexibility index (Phi) is 4.95. The fourth-order valence-corrected chi connectivity index (χ4v) is 3.87. The highest BCUT2D eigenvalue weighted by molar-refractivity contribution is 7.09. The Morgan fingerprint density at radius 3 is 3.00 bits per heavy atom. The van der Waals surface area contributed by atoms with Crippen LogP contribution in [0.25, 0.3) is 0 Å². The van der Waals surface area contributed by atoms with E-state index >= 15 is 0 Å². The summed E-state index contributed by atoms with van der Waals surface area (Å²) in [6.07, 6.45) is 5.42. The molecule has 0 aliphatic carbocycles. The van der Waals surface area contributed by atoms with Crippen LogP contribution in [0, 0.1) is 0 Å². The van der Waals surface area contributed by atoms with Crippen LogP contribution in [-0.2, 0) is 17.9 Å². The number of thiophene rings is 1. The molecule has 3 heterocycles. The number of carbonyl (C=O) groups is 1. The molecule has 0 aromatic carbocycles. The Labute approximate surface area is 135 Å². The lowest BCUT2D eigenvalue weighted by atomic mass is 10.0. The van der Waals surface area contributed by atoms with Crippen molar-refractivity contribution >= 4 is 17.2 Å². The second-order valence-corrected chi connectivity index (χ2v) is 6.84. The van der Waals surface area contributed by atoms with E-state index in [1.807, 2.05) is 0 Å². The molecule has 0 spiro atoms. The molecule has 1 fully saturated rings. The number of hydrogen-bond donors (Lipinski definition) is 1. The lowest BCUT2D eigenvalue weighted by Crippen LogP contribution is -2.48. The third-order valence-electron chi connectivity index (χ3n) is 4.36. The van der Waals surface area contributed by atoms with Crippen LogP contribution in [0.1, 0.15) is 29.8 Å². The Hall–Kier alpha value is -1.59. The van der Waals surface area contributed by atoms with Crippen LogP contribution in [0.5, 0.6) is 0 Å². The van der Waals surface area contributed by atoms with Gasteiger partial charge in [0, 0.05) is 30.4 Å². The molecule has 0 unspecified atom stereocenters. The molecule has 118 valence electrons. The molecule has 4 nitrogen and oxygen atoms in total. The molecular formula is C17H23N3OS. The summed E-state index contributed by atoms with van der Waals surface area (Å²) in [7, 11) is 1.73. The van der Waals surface area contributed by atoms with Crippen LogP contribution in [0.4, 0.5) is 0 Å². The van der Waals surface area contributed by atoms with Gasteiger partial charge in [-0.25, -0.2) is 0 Å². The van der Waals surface area contributed by atoms with Crippen LogP contribution < -0.4 is 5.32 Å². The van der Waals surface area contributed by atoms with Crippen LogP contribution in [0.15, 0.2) is 35.8 Å². The van der Waals surface area contributed by atoms with Gasteiger partial charge in [0.15, 0.2) is 0 Å². The molecule has 22 heavy (non-hydrogen) atoms. The van der Waals surface area contributed by atoms with E-state index in [0.29, 0.717) is 0 Å². The second-order valence-electron chi connectivity index (χ2n) is 5.80. The highest BCUT2D eigenvalue weighted by Crippen LogP contribution is 2.21. The van der Waals surface area contributed by atoms with Crippen molar-refractivity contribution in [2.45, 2.75) is 38.4 Å². The normalized spacial score (nSPS) is 19.2. The summed E-state index contributed by atoms with van der Waals surface area (Å²) in [6.45, 7) is 2.76. The predicted molar refractivity (Wildman–Crippen MR) is 90.0 cm³/mol. The number of nitrogens with zero attached hydrogens (tertiary/aromatic N) is 2. The van der Waals surface area contributed by atoms with Crippen LogP contribution in [-0.4, -0.2) is 35.0 Å². The molecule has 5 heteroatoms. The zero-order valence-corrected chi connectivity index (χ0v) is 13.8. The molecule has 0 bridgehead atoms. The summed E-state index contributed by atoms with van der Waals surface area (Å²) < 4.78 is 2.29. The minimum atomic E-state index is 0.0174. The Bertz CT molecular complexity index is 605. The summed E-state index contributed by atoms with van der Waals surface area (Å²) in [4.78, 5) is 15.8. The van der Waals surface area contributed by atoms with Gasteiger partial charge in [-0.05, 0) is 43.0 Å². The molecule has 1 atom stereocenters. The first kappa shape index (κ1) is 15.3. The van der Waals surface area contributed by atoms with Crippen LogP contribution in [0.2, 0.25) is 0 Å². The third-order valence-corrected chi connectivity index (χ3v) is 5.22. The zero-order chi connectivity index (χ0) is 15.4. The second kappa shape index (κ2) is 7.11. The van der Waals surface area contributed by atoms with Crippen molar-refractivity contribution in [2.24, 2.45) is 0 Å². The average molecular weight is 317 g/mol. The number of piperidine rings is 1. The first-order valence-corrected chi connectivity index (χ1v) is 8.78. The van der Waals surface area contributed by atoms with E-state index < -0.39 is 0 Å². The molecule has 1 aliphatic rings. The van der Waals surface area contributed by atoms with E-state index in [4.69, 9.17) is 0 Å². The highest BCUT2D eigenvalue weighted by atomic mass is 32.1. The topological polar surface area (TPSA) is 37.3 Å². The van der Waals surface area contributed by atoms with Gasteiger partial charge in [-0.3, -0.25) is 9.69 Å². The van der Waals surface area contributed by atoms with E-state index in [0.717, 1.165) is 32.5 Å². The molecular weight excluding hydrogens is 294 g/mol. The van der Waals surface area contributed by atoms with Crippen molar-refractivity contribution in [1.29, 1.82) is 0 Å². The van der Waals surface area contributed by atoms with Crippen LogP contribution in [0.3, 0.4) is 0 Å². The maximum absolute atomic E-state index is 12.1. The van der Waals surface area contributed by atoms with Gasteiger partial charge in [-0.15, -0.1) is 11.3 Å². The molecule has 3 rings (SSSR count). The predicted octanol–water partition coefficient (Wildman–Crippen LogP) is 2.70. The van der Waals surface area contributed by atoms with Gasteiger partial charge in [0.2, 0.25) is 5.91 Å². The SMILES string of the molecule is CNC(=O)[C@H]1CCCCN1Cc1cccn1Cc1cccs1. The number of carbonyl (C=O) groups excluding carboxylic acids is 1. The van der Waals surface area contributed by atoms with Gasteiger partial charge in [-0.2, -0.15) is 0 Å². The van der Waals surface area contributed by atoms with E-state index in [1.54, 1.807) is 18.4 Å². The standard InChI is InChI=1S/C17H23N3OS/c1-18-17(21)16-8-2-3-9-20(16)12-14-6-4-10-19(14)13-15-7-5-11-22-15/h4-7,10-11,16H,2-3,8-9,12-13H2,1H3,(H,18,21)/t16-/m1/s1. The minimum absolute atomic E-state index is 0.0174. The molecule has 2 aromatic heterocycles. The monoisotopic (exact) mass is 317 g/mol.